The molecule has 6 nitrogen and oxygen atoms in total. The second kappa shape index (κ2) is 9.11. The zero-order valence-electron chi connectivity index (χ0n) is 22.5. The fraction of sp³-hybridized carbons (Fsp3) is 0.452. The Balaban J connectivity index is 1.37. The van der Waals surface area contributed by atoms with Crippen LogP contribution in [0.15, 0.2) is 55.1 Å². The first-order chi connectivity index (χ1) is 18.9. The van der Waals surface area contributed by atoms with Crippen molar-refractivity contribution in [2.24, 2.45) is 5.92 Å². The van der Waals surface area contributed by atoms with Gasteiger partial charge in [-0.15, -0.1) is 6.58 Å². The zero-order valence-corrected chi connectivity index (χ0v) is 22.5. The number of alkyl halides is 3. The first-order valence-corrected chi connectivity index (χ1v) is 13.6. The minimum absolute atomic E-state index is 0.0154. The van der Waals surface area contributed by atoms with Gasteiger partial charge >= 0.3 is 6.18 Å². The van der Waals surface area contributed by atoms with E-state index in [1.54, 1.807) is 18.0 Å². The number of likely N-dealkylation sites (N-methyl/N-ethyl adjacent to an activating group) is 1. The number of halogens is 3. The monoisotopic (exact) mass is 554 g/mol. The largest absolute Gasteiger partial charge is 0.504 e. The minimum Gasteiger partial charge on any atom is -0.504 e. The summed E-state index contributed by atoms with van der Waals surface area (Å²) in [5.74, 6) is -0.186. The fourth-order valence-corrected chi connectivity index (χ4v) is 8.05. The van der Waals surface area contributed by atoms with Gasteiger partial charge < -0.3 is 19.8 Å². The molecule has 9 heteroatoms. The lowest BCUT2D eigenvalue weighted by Gasteiger charge is -2.66. The Morgan fingerprint density at radius 2 is 2.08 bits per heavy atom. The van der Waals surface area contributed by atoms with Crippen LogP contribution in [-0.4, -0.2) is 69.8 Å². The van der Waals surface area contributed by atoms with E-state index in [1.807, 2.05) is 19.1 Å². The van der Waals surface area contributed by atoms with Crippen LogP contribution in [0.25, 0.3) is 6.08 Å². The number of phenols is 1. The van der Waals surface area contributed by atoms with Crippen LogP contribution in [0.1, 0.15) is 42.0 Å². The number of carbonyl (C=O) groups excluding carboxylic acids is 1. The third-order valence-electron chi connectivity index (χ3n) is 9.81. The van der Waals surface area contributed by atoms with Crippen LogP contribution < -0.4 is 4.74 Å². The minimum atomic E-state index is -4.47. The molecule has 2 aromatic rings. The van der Waals surface area contributed by atoms with Gasteiger partial charge in [0.25, 0.3) is 0 Å². The van der Waals surface area contributed by atoms with Gasteiger partial charge in [0.1, 0.15) is 6.10 Å². The Hall–Kier alpha value is -3.30. The zero-order chi connectivity index (χ0) is 28.6. The number of hydrogen-bond donors (Lipinski definition) is 2. The molecule has 6 rings (SSSR count). The Morgan fingerprint density at radius 3 is 2.80 bits per heavy atom. The fourth-order valence-electron chi connectivity index (χ4n) is 8.05. The number of aromatic hydroxyl groups is 1. The van der Waals surface area contributed by atoms with E-state index in [0.717, 1.165) is 23.3 Å². The van der Waals surface area contributed by atoms with Crippen molar-refractivity contribution in [3.8, 4) is 11.5 Å². The van der Waals surface area contributed by atoms with Gasteiger partial charge in [-0.1, -0.05) is 31.2 Å². The Labute approximate surface area is 231 Å². The van der Waals surface area contributed by atoms with E-state index in [1.165, 1.54) is 24.3 Å². The summed E-state index contributed by atoms with van der Waals surface area (Å²) in [5, 5.41) is 23.5. The van der Waals surface area contributed by atoms with Crippen LogP contribution in [0.3, 0.4) is 0 Å². The second-order valence-electron chi connectivity index (χ2n) is 11.6. The molecule has 2 fully saturated rings. The van der Waals surface area contributed by atoms with Crippen molar-refractivity contribution in [3.05, 3.63) is 77.4 Å². The third-order valence-corrected chi connectivity index (χ3v) is 9.81. The van der Waals surface area contributed by atoms with Crippen molar-refractivity contribution < 1.29 is 32.9 Å². The molecule has 2 N–H and O–H groups in total. The maximum absolute atomic E-state index is 13.4. The molecule has 1 spiro atoms. The van der Waals surface area contributed by atoms with Gasteiger partial charge in [-0.2, -0.15) is 13.2 Å². The van der Waals surface area contributed by atoms with Crippen LogP contribution in [0.2, 0.25) is 0 Å². The number of ether oxygens (including phenoxy) is 1. The van der Waals surface area contributed by atoms with Crippen LogP contribution in [0, 0.1) is 5.92 Å². The predicted molar refractivity (Wildman–Crippen MR) is 144 cm³/mol. The van der Waals surface area contributed by atoms with Gasteiger partial charge in [-0.25, -0.2) is 0 Å². The number of piperidine rings is 1. The molecule has 6 atom stereocenters. The molecule has 1 saturated carbocycles. The predicted octanol–water partition coefficient (Wildman–Crippen LogP) is 4.54. The normalized spacial score (nSPS) is 32.5. The molecule has 2 bridgehead atoms. The molecule has 1 amide bonds. The lowest BCUT2D eigenvalue weighted by molar-refractivity contribution is -0.222. The summed E-state index contributed by atoms with van der Waals surface area (Å²) in [6.07, 6.45) is 1.11. The van der Waals surface area contributed by atoms with Gasteiger partial charge in [-0.3, -0.25) is 9.69 Å². The average Bonchev–Trinajstić information content (AvgIpc) is 3.27. The molecule has 0 radical (unpaired) electrons. The van der Waals surface area contributed by atoms with E-state index in [9.17, 15) is 28.2 Å². The summed E-state index contributed by atoms with van der Waals surface area (Å²) in [6.45, 7) is 7.27. The van der Waals surface area contributed by atoms with E-state index >= 15 is 0 Å². The highest BCUT2D eigenvalue weighted by Crippen LogP contribution is 2.67. The summed E-state index contributed by atoms with van der Waals surface area (Å²) in [7, 11) is 1.66. The molecule has 2 aromatic carbocycles. The summed E-state index contributed by atoms with van der Waals surface area (Å²) < 4.78 is 46.0. The lowest BCUT2D eigenvalue weighted by Crippen LogP contribution is -2.80. The van der Waals surface area contributed by atoms with E-state index in [4.69, 9.17) is 4.74 Å². The molecule has 2 aliphatic carbocycles. The maximum atomic E-state index is 13.4. The van der Waals surface area contributed by atoms with Crippen LogP contribution in [0.4, 0.5) is 13.2 Å². The number of hydrogen-bond acceptors (Lipinski definition) is 5. The number of aliphatic hydroxyl groups is 1. The first kappa shape index (κ1) is 26.9. The highest BCUT2D eigenvalue weighted by atomic mass is 19.4. The molecule has 0 aromatic heterocycles. The van der Waals surface area contributed by atoms with E-state index in [0.29, 0.717) is 38.1 Å². The first-order valence-electron chi connectivity index (χ1n) is 13.6. The number of likely N-dealkylation sites (tertiary alicyclic amines) is 1. The van der Waals surface area contributed by atoms with Gasteiger partial charge in [0.15, 0.2) is 11.5 Å². The quantitative estimate of drug-likeness (QED) is 0.420. The number of nitrogens with zero attached hydrogens (tertiary/aromatic N) is 2. The molecule has 212 valence electrons. The maximum Gasteiger partial charge on any atom is 0.416 e. The van der Waals surface area contributed by atoms with Crippen LogP contribution in [-0.2, 0) is 22.8 Å². The van der Waals surface area contributed by atoms with Crippen LogP contribution in [0.5, 0.6) is 11.5 Å². The molecular formula is C31H33F3N2O4. The van der Waals surface area contributed by atoms with Gasteiger partial charge in [-0.05, 0) is 67.1 Å². The van der Waals surface area contributed by atoms with Crippen molar-refractivity contribution in [2.45, 2.75) is 61.6 Å². The smallest absolute Gasteiger partial charge is 0.416 e. The van der Waals surface area contributed by atoms with Crippen molar-refractivity contribution in [1.82, 2.24) is 9.80 Å². The molecule has 2 heterocycles. The highest BCUT2D eigenvalue weighted by Gasteiger charge is 2.75. The molecule has 2 aliphatic heterocycles. The van der Waals surface area contributed by atoms with Crippen molar-refractivity contribution in [2.75, 3.05) is 20.1 Å². The van der Waals surface area contributed by atoms with Crippen LogP contribution >= 0.6 is 0 Å². The van der Waals surface area contributed by atoms with Crippen molar-refractivity contribution in [3.63, 3.8) is 0 Å². The van der Waals surface area contributed by atoms with E-state index in [-0.39, 0.29) is 29.2 Å². The summed E-state index contributed by atoms with van der Waals surface area (Å²) in [5.41, 5.74) is -0.600. The summed E-state index contributed by atoms with van der Waals surface area (Å²) in [6, 6.07) is 7.76. The second-order valence-corrected chi connectivity index (χ2v) is 11.6. The van der Waals surface area contributed by atoms with Gasteiger partial charge in [0.05, 0.1) is 22.6 Å². The van der Waals surface area contributed by atoms with Crippen molar-refractivity contribution in [1.29, 1.82) is 0 Å². The number of carbonyl (C=O) groups is 1. The average molecular weight is 555 g/mol. The van der Waals surface area contributed by atoms with Crippen molar-refractivity contribution >= 4 is 12.0 Å². The standard InChI is InChI=1S/C31H33F3N2O4/c1-4-13-36-14-12-29-26-20-9-10-23(37)27(26)40-28(29)22(15-18(2)30(29,39)24(36)17-20)35(3)25(38)11-8-19-6-5-7-21(16-19)31(32,33)34/h4-11,16,18,22,24,28,37,39H,1,12-15,17H2,2-3H3/t18-,22+,24+,28-,29-,30+/m0/s1. The molecule has 0 unspecified atom stereocenters. The lowest BCUT2D eigenvalue weighted by atomic mass is 9.45. The van der Waals surface area contributed by atoms with E-state index < -0.39 is 34.9 Å². The third kappa shape index (κ3) is 3.59. The number of phenolic OH excluding ortho intramolecular Hbond substituents is 1. The Kier molecular flexibility index (Phi) is 6.12. The number of rotatable bonds is 5. The summed E-state index contributed by atoms with van der Waals surface area (Å²) >= 11 is 0. The molecule has 4 aliphatic rings. The Morgan fingerprint density at radius 1 is 1.30 bits per heavy atom. The highest BCUT2D eigenvalue weighted by molar-refractivity contribution is 5.92. The molecule has 40 heavy (non-hydrogen) atoms. The molecule has 1 saturated heterocycles. The number of amides is 1. The number of benzene rings is 2. The SMILES string of the molecule is C=CCN1CC[C@]23c4c5ccc(O)c4O[C@H]2[C@H](N(C)C(=O)C=Cc2cccc(C(F)(F)F)c2)C[C@H](C)[C@@]3(O)[C@H]1C5. The molecular weight excluding hydrogens is 521 g/mol. The summed E-state index contributed by atoms with van der Waals surface area (Å²) in [4.78, 5) is 17.3. The van der Waals surface area contributed by atoms with Gasteiger partial charge in [0.2, 0.25) is 5.91 Å². The topological polar surface area (TPSA) is 73.2 Å². The Bertz CT molecular complexity index is 1410. The van der Waals surface area contributed by atoms with Gasteiger partial charge in [0, 0.05) is 31.3 Å². The van der Waals surface area contributed by atoms with E-state index in [2.05, 4.69) is 11.5 Å².